The molecule has 0 unspecified atom stereocenters. The predicted molar refractivity (Wildman–Crippen MR) is 492 cm³/mol. The van der Waals surface area contributed by atoms with E-state index in [0.717, 1.165) is 46.1 Å². The highest BCUT2D eigenvalue weighted by atomic mass is 79.9. The molecule has 8 heterocycles. The van der Waals surface area contributed by atoms with Gasteiger partial charge in [0.05, 0.1) is 84.6 Å². The lowest BCUT2D eigenvalue weighted by Gasteiger charge is -2.32. The second-order valence-corrected chi connectivity index (χ2v) is 43.5. The van der Waals surface area contributed by atoms with Crippen molar-refractivity contribution in [3.63, 3.8) is 0 Å². The van der Waals surface area contributed by atoms with E-state index < -0.39 is 44.1 Å². The number of thiazole rings is 3. The molecule has 42 heteroatoms. The van der Waals surface area contributed by atoms with Gasteiger partial charge in [0, 0.05) is 47.7 Å². The molecule has 0 atom stereocenters. The normalized spacial score (nSPS) is 15.9. The van der Waals surface area contributed by atoms with Gasteiger partial charge >= 0.3 is 21.1 Å². The molecule has 3 aliphatic heterocycles. The third-order valence-corrected chi connectivity index (χ3v) is 28.1. The minimum atomic E-state index is -4.50. The third-order valence-electron chi connectivity index (χ3n) is 18.3. The maximum absolute atomic E-state index is 13.3. The van der Waals surface area contributed by atoms with Gasteiger partial charge in [-0.15, -0.1) is 46.4 Å². The van der Waals surface area contributed by atoms with E-state index >= 15 is 0 Å². The molecule has 0 aliphatic carbocycles. The fourth-order valence-corrected chi connectivity index (χ4v) is 19.5. The maximum atomic E-state index is 13.3. The monoisotopic (exact) mass is 1980 g/mol. The highest BCUT2D eigenvalue weighted by molar-refractivity contribution is 9.10. The number of amides is 3. The summed E-state index contributed by atoms with van der Waals surface area (Å²) in [6, 6.07) is 42.7. The van der Waals surface area contributed by atoms with E-state index in [2.05, 4.69) is 77.5 Å². The van der Waals surface area contributed by atoms with Gasteiger partial charge in [-0.05, 0) is 215 Å². The quantitative estimate of drug-likeness (QED) is 0.0446. The minimum absolute atomic E-state index is 0.0464. The molecule has 4 N–H and O–H groups in total. The van der Waals surface area contributed by atoms with E-state index in [1.54, 1.807) is 56.4 Å². The summed E-state index contributed by atoms with van der Waals surface area (Å²) >= 11 is 43.2. The van der Waals surface area contributed by atoms with Crippen molar-refractivity contribution < 1.29 is 67.6 Å². The number of carbonyl (C=O) groups excluding carboxylic acids is 3. The van der Waals surface area contributed by atoms with Crippen molar-refractivity contribution >= 4 is 267 Å². The van der Waals surface area contributed by atoms with Crippen molar-refractivity contribution in [3.05, 3.63) is 189 Å². The van der Waals surface area contributed by atoms with Crippen LogP contribution in [0.2, 0.25) is 10.3 Å². The first-order valence-corrected chi connectivity index (χ1v) is 46.9. The Morgan fingerprint density at radius 3 is 1.19 bits per heavy atom. The van der Waals surface area contributed by atoms with Gasteiger partial charge in [-0.1, -0.05) is 140 Å². The number of nitrogens with one attached hydrogen (secondary N) is 4. The number of anilines is 5. The molecule has 0 bridgehead atoms. The number of benzene rings is 6. The average Bonchev–Trinajstić information content (AvgIpc) is 1.65. The number of fused-ring (bicyclic) bond motifs is 3. The Morgan fingerprint density at radius 2 is 0.790 bits per heavy atom. The van der Waals surface area contributed by atoms with Gasteiger partial charge in [-0.25, -0.2) is 50.2 Å². The van der Waals surface area contributed by atoms with Crippen LogP contribution >= 0.6 is 135 Å². The molecule has 634 valence electrons. The van der Waals surface area contributed by atoms with Crippen LogP contribution in [0.4, 0.5) is 26.8 Å². The minimum Gasteiger partial charge on any atom is -0.405 e. The number of sulfonamides is 3. The zero-order valence-corrected chi connectivity index (χ0v) is 79.9. The number of hydrogen-bond acceptors (Lipinski definition) is 23. The van der Waals surface area contributed by atoms with Crippen LogP contribution in [0.15, 0.2) is 194 Å². The Labute approximate surface area is 753 Å². The van der Waals surface area contributed by atoms with Gasteiger partial charge in [0.2, 0.25) is 17.7 Å². The largest absolute Gasteiger partial charge is 0.494 e. The summed E-state index contributed by atoms with van der Waals surface area (Å²) in [7, 11) is -14.1. The van der Waals surface area contributed by atoms with Crippen LogP contribution in [0.5, 0.6) is 0 Å². The number of pyridine rings is 2. The lowest BCUT2D eigenvalue weighted by molar-refractivity contribution is -0.115. The van der Waals surface area contributed by atoms with Crippen LogP contribution in [0.3, 0.4) is 0 Å². The first kappa shape index (κ1) is 98.2. The van der Waals surface area contributed by atoms with Crippen LogP contribution in [0.1, 0.15) is 118 Å². The first-order chi connectivity index (χ1) is 55.2. The van der Waals surface area contributed by atoms with E-state index in [-0.39, 0.29) is 104 Å². The van der Waals surface area contributed by atoms with Crippen LogP contribution < -0.4 is 29.8 Å². The van der Waals surface area contributed by atoms with Crippen molar-refractivity contribution in [1.29, 1.82) is 0 Å². The number of aromatic nitrogens is 5. The van der Waals surface area contributed by atoms with Crippen molar-refractivity contribution in [2.24, 2.45) is 0 Å². The standard InChI is InChI=1S/C20H15ClN4O3S2.C17H12BrClN2O4S2.C15H19BN2O3S.C12H24B2O4.C9H7BrN2OS.2C2H4Cl2/c1-12(26)23-20-24-16-8-7-13(10-18(16)29-20)14-9-17(19(21)22-11-14)25-30(27,28)15-5-3-2-4-6-15;18-13-11-16(17(19)20-12-13)21(26(22,23)14-7-3-1-4-8-14)27(24,25)15-9-5-2-6-10-15;1-9(19)17-13-18-11-7-6-10(8-12(11)22-13)16-20-14(2,3)15(4,5)21-16;1-9(2)10(3,4)16-13(15-9)14-17-11(5,6)12(7,8)18-14;1-5(13)11-9-12-7-3-2-6(10)4-8(7)14-9;2*1-2(3)4/h2-11,25H,1H3,(H,23,24,26);1-12H;6-8H,1-5H3,(H,17,18,19);1-8H3;2-4H,1H3,(H,11,12,13);2*2H,1H3. The van der Waals surface area contributed by atoms with Gasteiger partial charge in [0.15, 0.2) is 25.7 Å². The molecule has 14 rings (SSSR count). The summed E-state index contributed by atoms with van der Waals surface area (Å²) in [5, 5.41) is 9.60. The topological polar surface area (TPSA) is 325 Å². The Balaban J connectivity index is 0.000000184. The van der Waals surface area contributed by atoms with Crippen molar-refractivity contribution in [2.45, 2.75) is 176 Å². The lowest BCUT2D eigenvalue weighted by Crippen LogP contribution is -2.41. The highest BCUT2D eigenvalue weighted by Gasteiger charge is 2.64. The van der Waals surface area contributed by atoms with Crippen molar-refractivity contribution in [2.75, 3.05) is 24.4 Å². The highest BCUT2D eigenvalue weighted by Crippen LogP contribution is 2.45. The lowest BCUT2D eigenvalue weighted by atomic mass is 9.49. The molecule has 3 saturated heterocycles. The molecule has 0 saturated carbocycles. The zero-order valence-electron chi connectivity index (χ0n) is 67.3. The molecule has 6 aromatic carbocycles. The summed E-state index contributed by atoms with van der Waals surface area (Å²) in [4.78, 5) is 53.5. The summed E-state index contributed by atoms with van der Waals surface area (Å²) in [6.45, 7) is 32.1. The van der Waals surface area contributed by atoms with E-state index in [1.807, 2.05) is 138 Å². The summed E-state index contributed by atoms with van der Waals surface area (Å²) in [6.07, 6.45) is 2.91. The molecule has 3 aliphatic rings. The molecule has 25 nitrogen and oxygen atoms in total. The summed E-state index contributed by atoms with van der Waals surface area (Å²) < 4.78 is 121. The number of halogens is 8. The van der Waals surface area contributed by atoms with Crippen molar-refractivity contribution in [1.82, 2.24) is 24.9 Å². The summed E-state index contributed by atoms with van der Waals surface area (Å²) in [5.41, 5.74) is 2.71. The van der Waals surface area contributed by atoms with Crippen LogP contribution in [0, 0.1) is 0 Å². The number of rotatable bonds is 14. The Morgan fingerprint density at radius 1 is 0.437 bits per heavy atom. The number of hydrogen-bond donors (Lipinski definition) is 4. The van der Waals surface area contributed by atoms with Gasteiger partial charge < -0.3 is 43.9 Å². The predicted octanol–water partition coefficient (Wildman–Crippen LogP) is 20.3. The van der Waals surface area contributed by atoms with Crippen LogP contribution in [-0.4, -0.2) is 132 Å². The number of alkyl halides is 4. The Kier molecular flexibility index (Phi) is 33.5. The fraction of sp³-hybridized carbons (Fsp3) is 0.325. The van der Waals surface area contributed by atoms with E-state index in [9.17, 15) is 39.6 Å². The average molecular weight is 1990 g/mol. The number of nitrogens with zero attached hydrogens (tertiary/aromatic N) is 6. The smallest absolute Gasteiger partial charge is 0.405 e. The molecule has 0 radical (unpaired) electrons. The molecule has 3 amide bonds. The van der Waals surface area contributed by atoms with Gasteiger partial charge in [-0.3, -0.25) is 19.1 Å². The van der Waals surface area contributed by atoms with Gasteiger partial charge in [0.25, 0.3) is 30.1 Å². The van der Waals surface area contributed by atoms with E-state index in [1.165, 1.54) is 128 Å². The molecule has 5 aromatic heterocycles. The van der Waals surface area contributed by atoms with Gasteiger partial charge in [-0.2, -0.15) is 3.71 Å². The van der Waals surface area contributed by atoms with Crippen LogP contribution in [-0.2, 0) is 72.4 Å². The fourth-order valence-electron chi connectivity index (χ4n) is 10.5. The molecule has 119 heavy (non-hydrogen) atoms. The SMILES string of the molecule is CC(=O)Nc1nc2ccc(-c3cnc(Cl)c(NS(=O)(=O)c4ccccc4)c3)cc2s1.CC(=O)Nc1nc2ccc(B3OC(C)(C)C(C)(C)O3)cc2s1.CC(=O)Nc1nc2ccc(Br)cc2s1.CC(Cl)Cl.CC(Cl)Cl.CC1(C)OB(B2OC(C)(C)C(C)(C)O2)OC1(C)C.O=S(=O)(c1ccccc1)N(c1cc(Br)cnc1Cl)S(=O)(=O)c1ccccc1. The third kappa shape index (κ3) is 26.2. The Bertz CT molecular complexity index is 5620. The molecular weight excluding hydrogens is 1900 g/mol. The second-order valence-electron chi connectivity index (χ2n) is 29.3. The zero-order chi connectivity index (χ0) is 88.3. The van der Waals surface area contributed by atoms with Crippen LogP contribution in [0.25, 0.3) is 41.8 Å². The van der Waals surface area contributed by atoms with Gasteiger partial charge in [0.1, 0.15) is 15.4 Å². The van der Waals surface area contributed by atoms with E-state index in [4.69, 9.17) is 97.5 Å². The summed E-state index contributed by atoms with van der Waals surface area (Å²) in [5.74, 6) is -0.403. The molecule has 0 spiro atoms. The maximum Gasteiger partial charge on any atom is 0.494 e. The molecule has 11 aromatic rings. The second kappa shape index (κ2) is 40.6. The molecule has 3 fully saturated rings. The number of carbonyl (C=O) groups is 3. The van der Waals surface area contributed by atoms with Crippen molar-refractivity contribution in [3.8, 4) is 11.1 Å². The molecular formula is C77H85B3Br2Cl6N10O15S6. The first-order valence-electron chi connectivity index (χ1n) is 36.0. The Hall–Kier alpha value is -6.20. The van der Waals surface area contributed by atoms with E-state index in [0.29, 0.717) is 29.1 Å².